The maximum absolute atomic E-state index is 14.5. The zero-order valence-corrected chi connectivity index (χ0v) is 42.1. The molecule has 2 fully saturated rings. The summed E-state index contributed by atoms with van der Waals surface area (Å²) in [5.74, 6) is -11.4. The van der Waals surface area contributed by atoms with Gasteiger partial charge in [0.25, 0.3) is 0 Å². The first-order valence-electron chi connectivity index (χ1n) is 23.5. The van der Waals surface area contributed by atoms with E-state index in [-0.39, 0.29) is 73.4 Å². The lowest BCUT2D eigenvalue weighted by Crippen LogP contribution is -2.53. The Morgan fingerprint density at radius 2 is 1.41 bits per heavy atom. The van der Waals surface area contributed by atoms with E-state index in [1.165, 1.54) is 0 Å². The summed E-state index contributed by atoms with van der Waals surface area (Å²) < 4.78 is 5.41. The molecule has 70 heavy (non-hydrogen) atoms. The number of nitrogens with zero attached hydrogens (tertiary/aromatic N) is 1. The highest BCUT2D eigenvalue weighted by atomic mass is 33.1. The Morgan fingerprint density at radius 3 is 2.06 bits per heavy atom. The molecule has 2 aliphatic heterocycles. The molecule has 1 aromatic rings. The topological polar surface area (TPSA) is 351 Å². The molecule has 3 rings (SSSR count). The summed E-state index contributed by atoms with van der Waals surface area (Å²) in [6.45, 7) is 2.36. The molecule has 12 N–H and O–H groups in total. The van der Waals surface area contributed by atoms with Crippen LogP contribution in [-0.2, 0) is 59.1 Å². The molecular weight excluding hydrogens is 967 g/mol. The minimum atomic E-state index is -1.46. The lowest BCUT2D eigenvalue weighted by molar-refractivity contribution is -0.142. The molecule has 0 radical (unpaired) electrons. The second-order valence-corrected chi connectivity index (χ2v) is 20.7. The molecule has 388 valence electrons. The van der Waals surface area contributed by atoms with Crippen LogP contribution in [0.5, 0.6) is 0 Å². The molecule has 7 atom stereocenters. The van der Waals surface area contributed by atoms with Crippen LogP contribution in [0.1, 0.15) is 83.1 Å². The van der Waals surface area contributed by atoms with Gasteiger partial charge in [-0.15, -0.1) is 11.8 Å². The number of aliphatic carboxylic acids is 1. The summed E-state index contributed by atoms with van der Waals surface area (Å²) in [5.41, 5.74) is 17.4. The molecule has 2 heterocycles. The smallest absolute Gasteiger partial charge is 0.304 e. The number of hydrogen-bond acceptors (Lipinski definition) is 16. The Labute approximate surface area is 420 Å². The molecular formula is C46H69N9O12S3. The SMILES string of the molecule is CCOCCCC(=O)[C@@H]1CSCC(=O)N[C@@H](CCCCN)C(=O)N[C@H]2CSSC[C@H](NC(=O)[C@H](CC(=O)O)CC(=O)CNC(=O)[C@H](CCCN=C(N)N)CC2=O)C(=O)C[C@@H](Cc2ccccc2)C(=O)N1. The van der Waals surface area contributed by atoms with E-state index in [0.717, 1.165) is 33.3 Å². The van der Waals surface area contributed by atoms with Crippen LogP contribution in [0.15, 0.2) is 35.3 Å². The van der Waals surface area contributed by atoms with Crippen LogP contribution < -0.4 is 43.8 Å². The van der Waals surface area contributed by atoms with Crippen molar-refractivity contribution in [2.24, 2.45) is 39.9 Å². The zero-order valence-electron chi connectivity index (χ0n) is 39.6. The number of carboxylic acid groups (broad SMARTS) is 1. The lowest BCUT2D eigenvalue weighted by atomic mass is 9.90. The van der Waals surface area contributed by atoms with Gasteiger partial charge in [0.05, 0.1) is 42.8 Å². The monoisotopic (exact) mass is 1040 g/mol. The van der Waals surface area contributed by atoms with E-state index < -0.39 is 127 Å². The number of thioether (sulfide) groups is 1. The second-order valence-electron chi connectivity index (χ2n) is 17.1. The van der Waals surface area contributed by atoms with Crippen molar-refractivity contribution in [1.82, 2.24) is 26.6 Å². The first-order chi connectivity index (χ1) is 33.5. The van der Waals surface area contributed by atoms with Crippen molar-refractivity contribution in [2.75, 3.05) is 55.9 Å². The van der Waals surface area contributed by atoms with Gasteiger partial charge in [-0.05, 0) is 64.0 Å². The summed E-state index contributed by atoms with van der Waals surface area (Å²) in [4.78, 5) is 142. The maximum atomic E-state index is 14.5. The number of ether oxygens (including phenoxy) is 1. The van der Waals surface area contributed by atoms with Crippen LogP contribution in [0.25, 0.3) is 0 Å². The number of unbranched alkanes of at least 4 members (excludes halogenated alkanes) is 1. The Kier molecular flexibility index (Phi) is 27.7. The van der Waals surface area contributed by atoms with E-state index in [1.54, 1.807) is 30.3 Å². The van der Waals surface area contributed by atoms with Crippen molar-refractivity contribution in [3.05, 3.63) is 35.9 Å². The quantitative estimate of drug-likeness (QED) is 0.0410. The molecule has 0 saturated carbocycles. The van der Waals surface area contributed by atoms with Gasteiger partial charge < -0.3 is 53.6 Å². The fourth-order valence-corrected chi connectivity index (χ4v) is 10.9. The number of Topliss-reactive ketones (excluding diaryl/α,β-unsaturated/α-hetero) is 4. The van der Waals surface area contributed by atoms with Crippen LogP contribution in [-0.4, -0.2) is 150 Å². The van der Waals surface area contributed by atoms with Crippen LogP contribution in [0, 0.1) is 17.8 Å². The summed E-state index contributed by atoms with van der Waals surface area (Å²) in [5, 5.41) is 23.3. The van der Waals surface area contributed by atoms with Crippen molar-refractivity contribution in [3.8, 4) is 0 Å². The molecule has 0 spiro atoms. The standard InChI is InChI=1S/C46H69N9O12S3/c1-2-67-17-9-14-37(57)34-24-68-27-40(60)52-33(13-6-7-15-47)45(66)55-36-26-70-69-25-35(39(59)21-30(43(64)53-34)18-28-10-4-3-5-11-28)54-44(65)31(22-41(61)62)19-32(56)23-51-42(63)29(20-38(36)58)12-8-16-50-46(48)49/h3-5,10-11,29-31,33-36H,2,6-9,12-27,47H2,1H3,(H,51,63)(H,52,60)(H,53,64)(H,54,65)(H,55,66)(H,61,62)(H4,48,49,50)/t29-,30-,31+,33+,34+,35+,36+/m1/s1. The van der Waals surface area contributed by atoms with Gasteiger partial charge in [-0.2, -0.15) is 0 Å². The maximum Gasteiger partial charge on any atom is 0.304 e. The van der Waals surface area contributed by atoms with Crippen molar-refractivity contribution >= 4 is 97.9 Å². The van der Waals surface area contributed by atoms with Gasteiger partial charge in [-0.25, -0.2) is 0 Å². The fourth-order valence-electron chi connectivity index (χ4n) is 7.61. The van der Waals surface area contributed by atoms with Gasteiger partial charge in [0.2, 0.25) is 29.5 Å². The number of carboxylic acids is 1. The third-order valence-electron chi connectivity index (χ3n) is 11.4. The van der Waals surface area contributed by atoms with E-state index in [9.17, 15) is 53.1 Å². The minimum absolute atomic E-state index is 0.0369. The molecule has 2 saturated heterocycles. The number of guanidine groups is 1. The predicted octanol–water partition coefficient (Wildman–Crippen LogP) is 0.196. The van der Waals surface area contributed by atoms with Crippen LogP contribution in [0.2, 0.25) is 0 Å². The number of amides is 5. The molecule has 21 nitrogen and oxygen atoms in total. The number of carbonyl (C=O) groups is 10. The van der Waals surface area contributed by atoms with Gasteiger partial charge >= 0.3 is 5.97 Å². The van der Waals surface area contributed by atoms with Crippen molar-refractivity contribution in [2.45, 2.75) is 108 Å². The van der Waals surface area contributed by atoms with E-state index in [0.29, 0.717) is 44.6 Å². The van der Waals surface area contributed by atoms with Crippen LogP contribution >= 0.6 is 33.3 Å². The number of ketones is 4. The summed E-state index contributed by atoms with van der Waals surface area (Å²) in [6.07, 6.45) is -0.377. The van der Waals surface area contributed by atoms with Crippen molar-refractivity contribution < 1.29 is 57.8 Å². The molecule has 0 unspecified atom stereocenters. The van der Waals surface area contributed by atoms with E-state index in [2.05, 4.69) is 31.6 Å². The first kappa shape index (κ1) is 59.3. The number of rotatable bonds is 18. The zero-order chi connectivity index (χ0) is 51.4. The Bertz CT molecular complexity index is 1980. The molecule has 0 aromatic heterocycles. The number of nitrogens with two attached hydrogens (primary N) is 3. The highest BCUT2D eigenvalue weighted by molar-refractivity contribution is 8.76. The van der Waals surface area contributed by atoms with Gasteiger partial charge in [-0.3, -0.25) is 52.9 Å². The minimum Gasteiger partial charge on any atom is -0.481 e. The Morgan fingerprint density at radius 1 is 0.757 bits per heavy atom. The molecule has 24 heteroatoms. The van der Waals surface area contributed by atoms with Crippen molar-refractivity contribution in [3.63, 3.8) is 0 Å². The largest absolute Gasteiger partial charge is 0.481 e. The highest BCUT2D eigenvalue weighted by Gasteiger charge is 2.35. The third kappa shape index (κ3) is 22.8. The highest BCUT2D eigenvalue weighted by Crippen LogP contribution is 2.27. The number of aliphatic imine (C=N–C) groups is 1. The molecule has 2 bridgehead atoms. The van der Waals surface area contributed by atoms with Crippen LogP contribution in [0.3, 0.4) is 0 Å². The fraction of sp³-hybridized carbons (Fsp3) is 0.630. The summed E-state index contributed by atoms with van der Waals surface area (Å²) >= 11 is 1.05. The third-order valence-corrected chi connectivity index (χ3v) is 14.9. The summed E-state index contributed by atoms with van der Waals surface area (Å²) in [6, 6.07) is 4.02. The average Bonchev–Trinajstić information content (AvgIpc) is 3.31. The first-order valence-corrected chi connectivity index (χ1v) is 27.1. The molecule has 0 aliphatic carbocycles. The van der Waals surface area contributed by atoms with E-state index >= 15 is 0 Å². The van der Waals surface area contributed by atoms with Gasteiger partial charge in [0, 0.05) is 74.5 Å². The lowest BCUT2D eigenvalue weighted by Gasteiger charge is -2.26. The average molecular weight is 1040 g/mol. The number of benzene rings is 1. The molecule has 5 amide bonds. The summed E-state index contributed by atoms with van der Waals surface area (Å²) in [7, 11) is 2.12. The number of hydrogen-bond donors (Lipinski definition) is 9. The number of carbonyl (C=O) groups excluding carboxylic acids is 9. The van der Waals surface area contributed by atoms with E-state index in [1.807, 2.05) is 6.92 Å². The number of nitrogens with one attached hydrogen (secondary N) is 5. The molecule has 2 aliphatic rings. The van der Waals surface area contributed by atoms with Crippen LogP contribution in [0.4, 0.5) is 0 Å². The predicted molar refractivity (Wildman–Crippen MR) is 268 cm³/mol. The van der Waals surface area contributed by atoms with Gasteiger partial charge in [0.1, 0.15) is 6.04 Å². The van der Waals surface area contributed by atoms with Gasteiger partial charge in [0.15, 0.2) is 29.1 Å². The number of fused-ring (bicyclic) bond motifs is 5. The van der Waals surface area contributed by atoms with Gasteiger partial charge in [-0.1, -0.05) is 51.9 Å². The van der Waals surface area contributed by atoms with E-state index in [4.69, 9.17) is 21.9 Å². The second kappa shape index (κ2) is 32.8. The normalized spacial score (nSPS) is 24.4. The Hall–Kier alpha value is -5.04. The molecule has 1 aromatic carbocycles. The van der Waals surface area contributed by atoms with Crippen molar-refractivity contribution in [1.29, 1.82) is 0 Å². The Balaban J connectivity index is 2.16.